The second-order valence-electron chi connectivity index (χ2n) is 4.64. The fraction of sp³-hybridized carbons (Fsp3) is 0.286. The first-order chi connectivity index (χ1) is 8.25. The van der Waals surface area contributed by atoms with Crippen molar-refractivity contribution in [3.8, 4) is 0 Å². The maximum absolute atomic E-state index is 6.40. The summed E-state index contributed by atoms with van der Waals surface area (Å²) in [7, 11) is 0. The molecule has 1 aliphatic carbocycles. The zero-order chi connectivity index (χ0) is 11.8. The van der Waals surface area contributed by atoms with Crippen molar-refractivity contribution in [2.75, 3.05) is 0 Å². The summed E-state index contributed by atoms with van der Waals surface area (Å²) in [5.41, 5.74) is 10.6. The van der Waals surface area contributed by atoms with Crippen LogP contribution in [0.15, 0.2) is 39.5 Å². The molecule has 0 radical (unpaired) electrons. The molecule has 0 bridgehead atoms. The largest absolute Gasteiger partial charge is 0.324 e. The maximum Gasteiger partial charge on any atom is 0.0349 e. The van der Waals surface area contributed by atoms with E-state index < -0.39 is 0 Å². The highest BCUT2D eigenvalue weighted by atomic mass is 79.9. The SMILES string of the molecule is NC(c1cscc1Br)C1Cc2ccccc2C1. The summed E-state index contributed by atoms with van der Waals surface area (Å²) in [6.07, 6.45) is 2.22. The quantitative estimate of drug-likeness (QED) is 0.894. The van der Waals surface area contributed by atoms with E-state index in [1.807, 2.05) is 0 Å². The van der Waals surface area contributed by atoms with E-state index in [0.717, 1.165) is 17.3 Å². The van der Waals surface area contributed by atoms with Gasteiger partial charge in [-0.15, -0.1) is 0 Å². The van der Waals surface area contributed by atoms with Gasteiger partial charge in [-0.05, 0) is 56.8 Å². The Morgan fingerprint density at radius 3 is 2.35 bits per heavy atom. The van der Waals surface area contributed by atoms with Gasteiger partial charge in [0.25, 0.3) is 0 Å². The molecule has 0 spiro atoms. The number of benzene rings is 1. The molecule has 17 heavy (non-hydrogen) atoms. The van der Waals surface area contributed by atoms with Gasteiger partial charge in [-0.3, -0.25) is 0 Å². The molecule has 0 saturated carbocycles. The number of fused-ring (bicyclic) bond motifs is 1. The van der Waals surface area contributed by atoms with Crippen molar-refractivity contribution in [3.05, 3.63) is 56.2 Å². The Kier molecular flexibility index (Phi) is 3.07. The van der Waals surface area contributed by atoms with Crippen molar-refractivity contribution in [3.63, 3.8) is 0 Å². The molecule has 1 heterocycles. The van der Waals surface area contributed by atoms with Gasteiger partial charge in [0.05, 0.1) is 0 Å². The van der Waals surface area contributed by atoms with Crippen LogP contribution < -0.4 is 5.73 Å². The van der Waals surface area contributed by atoms with Crippen molar-refractivity contribution < 1.29 is 0 Å². The fourth-order valence-corrected chi connectivity index (χ4v) is 4.24. The van der Waals surface area contributed by atoms with E-state index in [-0.39, 0.29) is 6.04 Å². The average Bonchev–Trinajstić information content (AvgIpc) is 2.93. The van der Waals surface area contributed by atoms with E-state index >= 15 is 0 Å². The Balaban J connectivity index is 1.83. The normalized spacial score (nSPS) is 17.1. The molecule has 1 aliphatic rings. The Morgan fingerprint density at radius 2 is 1.82 bits per heavy atom. The lowest BCUT2D eigenvalue weighted by molar-refractivity contribution is 0.453. The third-order valence-corrected chi connectivity index (χ3v) is 5.34. The minimum absolute atomic E-state index is 0.142. The van der Waals surface area contributed by atoms with E-state index in [1.165, 1.54) is 16.7 Å². The maximum atomic E-state index is 6.40. The van der Waals surface area contributed by atoms with E-state index in [2.05, 4.69) is 51.0 Å². The van der Waals surface area contributed by atoms with Gasteiger partial charge in [-0.2, -0.15) is 11.3 Å². The van der Waals surface area contributed by atoms with Gasteiger partial charge >= 0.3 is 0 Å². The smallest absolute Gasteiger partial charge is 0.0349 e. The van der Waals surface area contributed by atoms with Crippen LogP contribution >= 0.6 is 27.3 Å². The molecule has 0 amide bonds. The lowest BCUT2D eigenvalue weighted by atomic mass is 9.93. The van der Waals surface area contributed by atoms with Gasteiger partial charge in [-0.1, -0.05) is 24.3 Å². The third kappa shape index (κ3) is 2.07. The Bertz CT molecular complexity index is 510. The topological polar surface area (TPSA) is 26.0 Å². The monoisotopic (exact) mass is 307 g/mol. The first-order valence-corrected chi connectivity index (χ1v) is 7.53. The molecule has 1 aromatic heterocycles. The molecule has 2 aromatic rings. The van der Waals surface area contributed by atoms with Gasteiger partial charge in [-0.25, -0.2) is 0 Å². The van der Waals surface area contributed by atoms with Crippen LogP contribution in [0.1, 0.15) is 22.7 Å². The molecule has 0 aliphatic heterocycles. The second kappa shape index (κ2) is 4.56. The molecule has 3 heteroatoms. The standard InChI is InChI=1S/C14H14BrNS/c15-13-8-17-7-12(13)14(16)11-5-9-3-1-2-4-10(9)6-11/h1-4,7-8,11,14H,5-6,16H2. The van der Waals surface area contributed by atoms with Gasteiger partial charge < -0.3 is 5.73 Å². The van der Waals surface area contributed by atoms with Crippen LogP contribution in [-0.2, 0) is 12.8 Å². The van der Waals surface area contributed by atoms with Gasteiger partial charge in [0.15, 0.2) is 0 Å². The summed E-state index contributed by atoms with van der Waals surface area (Å²) < 4.78 is 1.16. The number of halogens is 1. The molecule has 1 aromatic carbocycles. The van der Waals surface area contributed by atoms with E-state index in [1.54, 1.807) is 11.3 Å². The van der Waals surface area contributed by atoms with Crippen molar-refractivity contribution >= 4 is 27.3 Å². The number of hydrogen-bond acceptors (Lipinski definition) is 2. The van der Waals surface area contributed by atoms with Crippen molar-refractivity contribution in [2.45, 2.75) is 18.9 Å². The number of rotatable bonds is 2. The first-order valence-electron chi connectivity index (χ1n) is 5.79. The third-order valence-electron chi connectivity index (χ3n) is 3.59. The lowest BCUT2D eigenvalue weighted by Gasteiger charge is -2.18. The van der Waals surface area contributed by atoms with Gasteiger partial charge in [0.2, 0.25) is 0 Å². The molecule has 1 nitrogen and oxygen atoms in total. The summed E-state index contributed by atoms with van der Waals surface area (Å²) in [5, 5.41) is 4.27. The number of hydrogen-bond donors (Lipinski definition) is 1. The van der Waals surface area contributed by atoms with Gasteiger partial charge in [0.1, 0.15) is 0 Å². The van der Waals surface area contributed by atoms with Crippen molar-refractivity contribution in [2.24, 2.45) is 11.7 Å². The zero-order valence-corrected chi connectivity index (χ0v) is 11.8. The van der Waals surface area contributed by atoms with Crippen LogP contribution in [0.4, 0.5) is 0 Å². The minimum Gasteiger partial charge on any atom is -0.324 e. The lowest BCUT2D eigenvalue weighted by Crippen LogP contribution is -2.21. The molecule has 2 N–H and O–H groups in total. The van der Waals surface area contributed by atoms with E-state index in [0.29, 0.717) is 5.92 Å². The minimum atomic E-state index is 0.142. The summed E-state index contributed by atoms with van der Waals surface area (Å²) in [6, 6.07) is 8.83. The van der Waals surface area contributed by atoms with Crippen LogP contribution in [0.5, 0.6) is 0 Å². The molecule has 1 unspecified atom stereocenters. The van der Waals surface area contributed by atoms with Crippen LogP contribution in [0.2, 0.25) is 0 Å². The Labute approximate surface area is 114 Å². The Hall–Kier alpha value is -0.640. The van der Waals surface area contributed by atoms with Crippen LogP contribution in [0, 0.1) is 5.92 Å². The first kappa shape index (κ1) is 11.5. The number of nitrogens with two attached hydrogens (primary N) is 1. The predicted molar refractivity (Wildman–Crippen MR) is 76.3 cm³/mol. The zero-order valence-electron chi connectivity index (χ0n) is 9.40. The van der Waals surface area contributed by atoms with Crippen LogP contribution in [0.3, 0.4) is 0 Å². The van der Waals surface area contributed by atoms with Crippen LogP contribution in [-0.4, -0.2) is 0 Å². The molecule has 1 atom stereocenters. The highest BCUT2D eigenvalue weighted by molar-refractivity contribution is 9.10. The predicted octanol–water partition coefficient (Wildman–Crippen LogP) is 3.93. The van der Waals surface area contributed by atoms with Crippen molar-refractivity contribution in [1.82, 2.24) is 0 Å². The average molecular weight is 308 g/mol. The van der Waals surface area contributed by atoms with E-state index in [4.69, 9.17) is 5.73 Å². The second-order valence-corrected chi connectivity index (χ2v) is 6.24. The van der Waals surface area contributed by atoms with Crippen LogP contribution in [0.25, 0.3) is 0 Å². The molecule has 3 rings (SSSR count). The number of thiophene rings is 1. The summed E-state index contributed by atoms with van der Waals surface area (Å²) in [6.45, 7) is 0. The summed E-state index contributed by atoms with van der Waals surface area (Å²) >= 11 is 5.29. The molecule has 0 fully saturated rings. The highest BCUT2D eigenvalue weighted by Crippen LogP contribution is 2.37. The molecule has 0 saturated heterocycles. The Morgan fingerprint density at radius 1 is 1.18 bits per heavy atom. The summed E-state index contributed by atoms with van der Waals surface area (Å²) in [4.78, 5) is 0. The molecular formula is C14H14BrNS. The van der Waals surface area contributed by atoms with Crippen molar-refractivity contribution in [1.29, 1.82) is 0 Å². The van der Waals surface area contributed by atoms with Gasteiger partial charge in [0, 0.05) is 15.9 Å². The summed E-state index contributed by atoms with van der Waals surface area (Å²) in [5.74, 6) is 0.540. The fourth-order valence-electron chi connectivity index (χ4n) is 2.63. The van der Waals surface area contributed by atoms with E-state index in [9.17, 15) is 0 Å². The highest BCUT2D eigenvalue weighted by Gasteiger charge is 2.28. The molecular weight excluding hydrogens is 294 g/mol. The molecule has 88 valence electrons.